The number of pyridine rings is 1. The molecule has 0 spiro atoms. The van der Waals surface area contributed by atoms with Gasteiger partial charge in [0.1, 0.15) is 4.83 Å². The van der Waals surface area contributed by atoms with Gasteiger partial charge in [0.2, 0.25) is 10.0 Å². The van der Waals surface area contributed by atoms with Crippen LogP contribution in [0.2, 0.25) is 0 Å². The Labute approximate surface area is 174 Å². The molecular weight excluding hydrogens is 408 g/mol. The molecule has 0 saturated carbocycles. The minimum Gasteiger partial charge on any atom is -0.383 e. The third kappa shape index (κ3) is 5.11. The molecule has 3 aromatic rings. The Morgan fingerprint density at radius 1 is 1.17 bits per heavy atom. The van der Waals surface area contributed by atoms with E-state index >= 15 is 0 Å². The average Bonchev–Trinajstić information content (AvgIpc) is 2.69. The van der Waals surface area contributed by atoms with Crippen molar-refractivity contribution in [3.63, 3.8) is 0 Å². The second kappa shape index (κ2) is 9.17. The molecule has 0 fully saturated rings. The number of rotatable bonds is 9. The standard InChI is InChI=1S/C20H26N4O3S2/c1-4-24(5-2)12-11-21-16-9-8-14(13-23-29(3,26)27)19-17(16)18(25)15-7-6-10-22-20(15)28-19/h6-10,21,23H,4-5,11-13H2,1-3H3. The first-order chi connectivity index (χ1) is 13.8. The summed E-state index contributed by atoms with van der Waals surface area (Å²) in [6, 6.07) is 7.26. The van der Waals surface area contributed by atoms with Crippen LogP contribution in [0.15, 0.2) is 35.3 Å². The normalized spacial score (nSPS) is 12.1. The minimum absolute atomic E-state index is 0.0894. The van der Waals surface area contributed by atoms with Gasteiger partial charge in [0.15, 0.2) is 5.43 Å². The summed E-state index contributed by atoms with van der Waals surface area (Å²) in [5.41, 5.74) is 1.44. The molecule has 0 aliphatic carbocycles. The molecule has 29 heavy (non-hydrogen) atoms. The molecule has 0 aliphatic heterocycles. The molecule has 0 aliphatic rings. The predicted molar refractivity (Wildman–Crippen MR) is 121 cm³/mol. The summed E-state index contributed by atoms with van der Waals surface area (Å²) < 4.78 is 26.4. The number of benzene rings is 1. The number of sulfonamides is 1. The Bertz CT molecular complexity index is 1170. The fourth-order valence-corrected chi connectivity index (χ4v) is 4.80. The van der Waals surface area contributed by atoms with E-state index in [4.69, 9.17) is 0 Å². The zero-order chi connectivity index (χ0) is 21.0. The molecule has 0 radical (unpaired) electrons. The molecule has 2 heterocycles. The van der Waals surface area contributed by atoms with E-state index in [2.05, 4.69) is 33.8 Å². The first-order valence-corrected chi connectivity index (χ1v) is 12.3. The van der Waals surface area contributed by atoms with Gasteiger partial charge in [0.05, 0.1) is 17.0 Å². The third-order valence-electron chi connectivity index (χ3n) is 4.84. The highest BCUT2D eigenvalue weighted by molar-refractivity contribution is 7.88. The lowest BCUT2D eigenvalue weighted by atomic mass is 10.1. The van der Waals surface area contributed by atoms with Crippen LogP contribution < -0.4 is 15.5 Å². The van der Waals surface area contributed by atoms with Crippen molar-refractivity contribution >= 4 is 47.4 Å². The molecule has 0 bridgehead atoms. The quantitative estimate of drug-likeness (QED) is 0.503. The Kier molecular flexibility index (Phi) is 6.84. The summed E-state index contributed by atoms with van der Waals surface area (Å²) in [5, 5.41) is 4.56. The molecule has 2 N–H and O–H groups in total. The fraction of sp³-hybridized carbons (Fsp3) is 0.400. The van der Waals surface area contributed by atoms with Crippen molar-refractivity contribution in [2.75, 3.05) is 37.8 Å². The van der Waals surface area contributed by atoms with Crippen LogP contribution in [-0.2, 0) is 16.6 Å². The number of nitrogens with one attached hydrogen (secondary N) is 2. The highest BCUT2D eigenvalue weighted by Crippen LogP contribution is 2.31. The van der Waals surface area contributed by atoms with Gasteiger partial charge in [-0.3, -0.25) is 4.79 Å². The highest BCUT2D eigenvalue weighted by atomic mass is 32.2. The highest BCUT2D eigenvalue weighted by Gasteiger charge is 2.15. The first-order valence-electron chi connectivity index (χ1n) is 9.58. The Balaban J connectivity index is 2.07. The topological polar surface area (TPSA) is 91.4 Å². The van der Waals surface area contributed by atoms with Gasteiger partial charge in [-0.2, -0.15) is 0 Å². The Morgan fingerprint density at radius 3 is 2.62 bits per heavy atom. The number of aromatic nitrogens is 1. The van der Waals surface area contributed by atoms with Gasteiger partial charge in [0, 0.05) is 36.2 Å². The Morgan fingerprint density at radius 2 is 1.93 bits per heavy atom. The molecule has 0 saturated heterocycles. The SMILES string of the molecule is CCN(CC)CCNc1ccc(CNS(C)(=O)=O)c2sc3ncccc3c(=O)c12. The zero-order valence-electron chi connectivity index (χ0n) is 16.9. The zero-order valence-corrected chi connectivity index (χ0v) is 18.5. The molecule has 3 rings (SSSR count). The van der Waals surface area contributed by atoms with Crippen molar-refractivity contribution < 1.29 is 8.42 Å². The van der Waals surface area contributed by atoms with Crippen LogP contribution >= 0.6 is 11.3 Å². The second-order valence-electron chi connectivity index (χ2n) is 6.81. The lowest BCUT2D eigenvalue weighted by molar-refractivity contribution is 0.316. The lowest BCUT2D eigenvalue weighted by Gasteiger charge is -2.19. The van der Waals surface area contributed by atoms with E-state index in [-0.39, 0.29) is 12.0 Å². The van der Waals surface area contributed by atoms with Crippen LogP contribution in [0.5, 0.6) is 0 Å². The monoisotopic (exact) mass is 434 g/mol. The van der Waals surface area contributed by atoms with E-state index in [1.807, 2.05) is 12.1 Å². The summed E-state index contributed by atoms with van der Waals surface area (Å²) >= 11 is 1.41. The van der Waals surface area contributed by atoms with Crippen LogP contribution in [0, 0.1) is 0 Å². The van der Waals surface area contributed by atoms with Gasteiger partial charge in [-0.15, -0.1) is 11.3 Å². The molecule has 0 unspecified atom stereocenters. The fourth-order valence-electron chi connectivity index (χ4n) is 3.23. The van der Waals surface area contributed by atoms with E-state index in [1.165, 1.54) is 11.3 Å². The number of nitrogens with zero attached hydrogens (tertiary/aromatic N) is 2. The number of anilines is 1. The van der Waals surface area contributed by atoms with E-state index < -0.39 is 10.0 Å². The maximum atomic E-state index is 13.2. The van der Waals surface area contributed by atoms with Crippen molar-refractivity contribution in [3.05, 3.63) is 46.2 Å². The van der Waals surface area contributed by atoms with Crippen molar-refractivity contribution in [1.29, 1.82) is 0 Å². The summed E-state index contributed by atoms with van der Waals surface area (Å²) in [6.45, 7) is 7.91. The molecule has 0 atom stereocenters. The Hall–Kier alpha value is -2.07. The van der Waals surface area contributed by atoms with Crippen molar-refractivity contribution in [1.82, 2.24) is 14.6 Å². The molecule has 1 aromatic carbocycles. The van der Waals surface area contributed by atoms with Gasteiger partial charge in [-0.05, 0) is 36.9 Å². The molecule has 2 aromatic heterocycles. The first kappa shape index (κ1) is 21.6. The summed E-state index contributed by atoms with van der Waals surface area (Å²) in [6.07, 6.45) is 2.78. The van der Waals surface area contributed by atoms with E-state index in [1.54, 1.807) is 18.3 Å². The molecule has 0 amide bonds. The van der Waals surface area contributed by atoms with Crippen LogP contribution in [0.25, 0.3) is 20.3 Å². The molecular formula is C20H26N4O3S2. The average molecular weight is 435 g/mol. The van der Waals surface area contributed by atoms with Crippen LogP contribution in [0.3, 0.4) is 0 Å². The summed E-state index contributed by atoms with van der Waals surface area (Å²) in [5.74, 6) is 0. The van der Waals surface area contributed by atoms with Crippen LogP contribution in [0.4, 0.5) is 5.69 Å². The summed E-state index contributed by atoms with van der Waals surface area (Å²) in [4.78, 5) is 20.5. The van der Waals surface area contributed by atoms with E-state index in [0.717, 1.165) is 41.8 Å². The maximum Gasteiger partial charge on any atom is 0.209 e. The van der Waals surface area contributed by atoms with E-state index in [0.29, 0.717) is 22.1 Å². The van der Waals surface area contributed by atoms with Crippen LogP contribution in [0.1, 0.15) is 19.4 Å². The van der Waals surface area contributed by atoms with Gasteiger partial charge in [-0.25, -0.2) is 18.1 Å². The minimum atomic E-state index is -3.34. The maximum absolute atomic E-state index is 13.2. The largest absolute Gasteiger partial charge is 0.383 e. The van der Waals surface area contributed by atoms with Gasteiger partial charge < -0.3 is 10.2 Å². The molecule has 7 nitrogen and oxygen atoms in total. The number of hydrogen-bond donors (Lipinski definition) is 2. The number of hydrogen-bond acceptors (Lipinski definition) is 7. The lowest BCUT2D eigenvalue weighted by Crippen LogP contribution is -2.28. The van der Waals surface area contributed by atoms with Gasteiger partial charge >= 0.3 is 0 Å². The van der Waals surface area contributed by atoms with Crippen molar-refractivity contribution in [3.8, 4) is 0 Å². The second-order valence-corrected chi connectivity index (χ2v) is 9.64. The predicted octanol–water partition coefficient (Wildman–Crippen LogP) is 2.61. The van der Waals surface area contributed by atoms with Crippen molar-refractivity contribution in [2.45, 2.75) is 20.4 Å². The summed E-state index contributed by atoms with van der Waals surface area (Å²) in [7, 11) is -3.34. The third-order valence-corrected chi connectivity index (χ3v) is 6.70. The number of fused-ring (bicyclic) bond motifs is 2. The van der Waals surface area contributed by atoms with Crippen LogP contribution in [-0.4, -0.2) is 50.7 Å². The number of likely N-dealkylation sites (N-methyl/N-ethyl adjacent to an activating group) is 1. The van der Waals surface area contributed by atoms with Crippen molar-refractivity contribution in [2.24, 2.45) is 0 Å². The smallest absolute Gasteiger partial charge is 0.209 e. The molecule has 156 valence electrons. The molecule has 9 heteroatoms. The van der Waals surface area contributed by atoms with E-state index in [9.17, 15) is 13.2 Å². The van der Waals surface area contributed by atoms with Gasteiger partial charge in [0.25, 0.3) is 0 Å². The van der Waals surface area contributed by atoms with Gasteiger partial charge in [-0.1, -0.05) is 19.9 Å².